The quantitative estimate of drug-likeness (QED) is 0.654. The summed E-state index contributed by atoms with van der Waals surface area (Å²) in [5.41, 5.74) is 1.81. The highest BCUT2D eigenvalue weighted by Gasteiger charge is 2.12. The van der Waals surface area contributed by atoms with Crippen LogP contribution in [-0.4, -0.2) is 17.3 Å². The van der Waals surface area contributed by atoms with Gasteiger partial charge < -0.3 is 14.6 Å². The third-order valence-electron chi connectivity index (χ3n) is 3.81. The van der Waals surface area contributed by atoms with E-state index in [2.05, 4.69) is 31.4 Å². The molecule has 7 heteroatoms. The first kappa shape index (κ1) is 17.6. The van der Waals surface area contributed by atoms with E-state index in [9.17, 15) is 4.39 Å². The SMILES string of the molecule is COc1ccc(C(C)NCc2nc(-c3ccc(F)cc3)no2)cc1Br. The molecule has 0 saturated carbocycles. The normalized spacial score (nSPS) is 12.2. The molecule has 0 aliphatic rings. The predicted octanol–water partition coefficient (Wildman–Crippen LogP) is 4.50. The zero-order valence-corrected chi connectivity index (χ0v) is 15.4. The van der Waals surface area contributed by atoms with Crippen LogP contribution in [0.25, 0.3) is 11.4 Å². The van der Waals surface area contributed by atoms with E-state index in [1.807, 2.05) is 25.1 Å². The second kappa shape index (κ2) is 7.76. The molecule has 3 rings (SSSR count). The number of aromatic nitrogens is 2. The second-order valence-corrected chi connectivity index (χ2v) is 6.37. The molecule has 0 saturated heterocycles. The van der Waals surface area contributed by atoms with Crippen molar-refractivity contribution in [3.8, 4) is 17.1 Å². The van der Waals surface area contributed by atoms with Crippen molar-refractivity contribution in [2.75, 3.05) is 7.11 Å². The highest BCUT2D eigenvalue weighted by atomic mass is 79.9. The van der Waals surface area contributed by atoms with Crippen LogP contribution >= 0.6 is 15.9 Å². The molecule has 0 fully saturated rings. The van der Waals surface area contributed by atoms with E-state index < -0.39 is 0 Å². The van der Waals surface area contributed by atoms with E-state index in [4.69, 9.17) is 9.26 Å². The Morgan fingerprint density at radius 3 is 2.68 bits per heavy atom. The second-order valence-electron chi connectivity index (χ2n) is 5.52. The van der Waals surface area contributed by atoms with Crippen LogP contribution in [0.4, 0.5) is 4.39 Å². The number of hydrogen-bond donors (Lipinski definition) is 1. The molecule has 25 heavy (non-hydrogen) atoms. The molecular weight excluding hydrogens is 389 g/mol. The molecule has 0 amide bonds. The third-order valence-corrected chi connectivity index (χ3v) is 4.43. The van der Waals surface area contributed by atoms with Gasteiger partial charge in [-0.3, -0.25) is 0 Å². The van der Waals surface area contributed by atoms with Crippen molar-refractivity contribution in [3.05, 3.63) is 64.2 Å². The van der Waals surface area contributed by atoms with Crippen LogP contribution < -0.4 is 10.1 Å². The molecule has 3 aromatic rings. The minimum absolute atomic E-state index is 0.0865. The summed E-state index contributed by atoms with van der Waals surface area (Å²) in [6.45, 7) is 2.48. The van der Waals surface area contributed by atoms with Crippen molar-refractivity contribution in [3.63, 3.8) is 0 Å². The Kier molecular flexibility index (Phi) is 5.45. The van der Waals surface area contributed by atoms with Crippen LogP contribution in [0.2, 0.25) is 0 Å². The fourth-order valence-electron chi connectivity index (χ4n) is 2.35. The van der Waals surface area contributed by atoms with E-state index in [0.29, 0.717) is 23.8 Å². The fraction of sp³-hybridized carbons (Fsp3) is 0.222. The van der Waals surface area contributed by atoms with Gasteiger partial charge in [-0.2, -0.15) is 4.98 Å². The molecule has 1 atom stereocenters. The minimum atomic E-state index is -0.298. The van der Waals surface area contributed by atoms with Crippen molar-refractivity contribution < 1.29 is 13.7 Å². The van der Waals surface area contributed by atoms with E-state index in [0.717, 1.165) is 15.8 Å². The summed E-state index contributed by atoms with van der Waals surface area (Å²) < 4.78 is 24.4. The summed E-state index contributed by atoms with van der Waals surface area (Å²) in [5.74, 6) is 1.40. The van der Waals surface area contributed by atoms with Gasteiger partial charge in [0, 0.05) is 11.6 Å². The highest BCUT2D eigenvalue weighted by Crippen LogP contribution is 2.28. The molecule has 1 aromatic heterocycles. The Morgan fingerprint density at radius 1 is 1.24 bits per heavy atom. The summed E-state index contributed by atoms with van der Waals surface area (Å²) in [5, 5.41) is 7.27. The van der Waals surface area contributed by atoms with Crippen LogP contribution in [0, 0.1) is 5.82 Å². The largest absolute Gasteiger partial charge is 0.496 e. The Labute approximate surface area is 153 Å². The number of hydrogen-bond acceptors (Lipinski definition) is 5. The summed E-state index contributed by atoms with van der Waals surface area (Å²) >= 11 is 3.49. The van der Waals surface area contributed by atoms with Gasteiger partial charge in [0.1, 0.15) is 11.6 Å². The van der Waals surface area contributed by atoms with Crippen LogP contribution in [0.3, 0.4) is 0 Å². The zero-order chi connectivity index (χ0) is 17.8. The molecule has 2 aromatic carbocycles. The lowest BCUT2D eigenvalue weighted by Gasteiger charge is -2.14. The lowest BCUT2D eigenvalue weighted by atomic mass is 10.1. The maximum Gasteiger partial charge on any atom is 0.240 e. The minimum Gasteiger partial charge on any atom is -0.496 e. The van der Waals surface area contributed by atoms with Gasteiger partial charge >= 0.3 is 0 Å². The predicted molar refractivity (Wildman–Crippen MR) is 95.6 cm³/mol. The molecule has 130 valence electrons. The third kappa shape index (κ3) is 4.24. The van der Waals surface area contributed by atoms with Gasteiger partial charge in [0.25, 0.3) is 0 Å². The van der Waals surface area contributed by atoms with E-state index in [-0.39, 0.29) is 11.9 Å². The molecule has 0 aliphatic carbocycles. The molecule has 1 unspecified atom stereocenters. The van der Waals surface area contributed by atoms with Gasteiger partial charge in [-0.15, -0.1) is 0 Å². The van der Waals surface area contributed by atoms with Crippen molar-refractivity contribution in [2.24, 2.45) is 0 Å². The van der Waals surface area contributed by atoms with Gasteiger partial charge in [-0.05, 0) is 64.8 Å². The van der Waals surface area contributed by atoms with Crippen LogP contribution in [0.1, 0.15) is 24.4 Å². The van der Waals surface area contributed by atoms with Crippen LogP contribution in [-0.2, 0) is 6.54 Å². The Hall–Kier alpha value is -2.25. The van der Waals surface area contributed by atoms with Gasteiger partial charge in [0.15, 0.2) is 0 Å². The van der Waals surface area contributed by atoms with Gasteiger partial charge in [0.2, 0.25) is 11.7 Å². The Morgan fingerprint density at radius 2 is 2.00 bits per heavy atom. The monoisotopic (exact) mass is 405 g/mol. The van der Waals surface area contributed by atoms with Crippen molar-refractivity contribution in [1.82, 2.24) is 15.5 Å². The number of nitrogens with one attached hydrogen (secondary N) is 1. The van der Waals surface area contributed by atoms with Gasteiger partial charge in [-0.1, -0.05) is 11.2 Å². The first-order valence-electron chi connectivity index (χ1n) is 7.72. The molecule has 0 bridgehead atoms. The summed E-state index contributed by atoms with van der Waals surface area (Å²) in [6.07, 6.45) is 0. The number of methoxy groups -OCH3 is 1. The van der Waals surface area contributed by atoms with Crippen molar-refractivity contribution in [2.45, 2.75) is 19.5 Å². The van der Waals surface area contributed by atoms with E-state index in [1.165, 1.54) is 12.1 Å². The zero-order valence-electron chi connectivity index (χ0n) is 13.8. The number of nitrogens with zero attached hydrogens (tertiary/aromatic N) is 2. The van der Waals surface area contributed by atoms with Crippen LogP contribution in [0.5, 0.6) is 5.75 Å². The number of rotatable bonds is 6. The lowest BCUT2D eigenvalue weighted by molar-refractivity contribution is 0.360. The number of halogens is 2. The summed E-state index contributed by atoms with van der Waals surface area (Å²) in [6, 6.07) is 12.0. The number of benzene rings is 2. The van der Waals surface area contributed by atoms with Crippen molar-refractivity contribution in [1.29, 1.82) is 0 Å². The maximum atomic E-state index is 13.0. The molecule has 0 radical (unpaired) electrons. The van der Waals surface area contributed by atoms with Gasteiger partial charge in [-0.25, -0.2) is 4.39 Å². The molecule has 1 N–H and O–H groups in total. The topological polar surface area (TPSA) is 60.2 Å². The van der Waals surface area contributed by atoms with E-state index >= 15 is 0 Å². The highest BCUT2D eigenvalue weighted by molar-refractivity contribution is 9.10. The molecular formula is C18H17BrFN3O2. The van der Waals surface area contributed by atoms with Crippen molar-refractivity contribution >= 4 is 15.9 Å². The average molecular weight is 406 g/mol. The summed E-state index contributed by atoms with van der Waals surface area (Å²) in [7, 11) is 1.63. The first-order chi connectivity index (χ1) is 12.1. The first-order valence-corrected chi connectivity index (χ1v) is 8.51. The maximum absolute atomic E-state index is 13.0. The Bertz CT molecular complexity index is 852. The molecule has 0 spiro atoms. The molecule has 0 aliphatic heterocycles. The summed E-state index contributed by atoms with van der Waals surface area (Å²) in [4.78, 5) is 4.33. The smallest absolute Gasteiger partial charge is 0.240 e. The van der Waals surface area contributed by atoms with Gasteiger partial charge in [0.05, 0.1) is 18.1 Å². The average Bonchev–Trinajstić information content (AvgIpc) is 3.09. The lowest BCUT2D eigenvalue weighted by Crippen LogP contribution is -2.18. The molecule has 5 nitrogen and oxygen atoms in total. The molecule has 1 heterocycles. The fourth-order valence-corrected chi connectivity index (χ4v) is 2.91. The van der Waals surface area contributed by atoms with Crippen LogP contribution in [0.15, 0.2) is 51.5 Å². The Balaban J connectivity index is 1.63. The number of ether oxygens (including phenoxy) is 1. The van der Waals surface area contributed by atoms with E-state index in [1.54, 1.807) is 19.2 Å². The standard InChI is InChI=1S/C18H17BrFN3O2/c1-11(13-5-8-16(24-2)15(19)9-13)21-10-17-22-18(23-25-17)12-3-6-14(20)7-4-12/h3-9,11,21H,10H2,1-2H3.